The summed E-state index contributed by atoms with van der Waals surface area (Å²) >= 11 is 1.39. The molecule has 0 saturated carbocycles. The van der Waals surface area contributed by atoms with Crippen molar-refractivity contribution in [1.82, 2.24) is 4.98 Å². The van der Waals surface area contributed by atoms with Crippen molar-refractivity contribution in [2.45, 2.75) is 13.3 Å². The molecule has 1 rings (SSSR count). The highest BCUT2D eigenvalue weighted by Crippen LogP contribution is 2.09. The molecule has 0 unspecified atom stereocenters. The molecule has 0 aliphatic rings. The van der Waals surface area contributed by atoms with Crippen LogP contribution in [0.4, 0.5) is 0 Å². The average molecular weight is 141 g/mol. The van der Waals surface area contributed by atoms with Crippen molar-refractivity contribution in [3.05, 3.63) is 16.1 Å². The Hall–Kier alpha value is -0.700. The zero-order valence-electron chi connectivity index (χ0n) is 5.13. The minimum atomic E-state index is 0.762. The maximum atomic E-state index is 10.2. The lowest BCUT2D eigenvalue weighted by atomic mass is 10.3. The Morgan fingerprint density at radius 2 is 2.67 bits per heavy atom. The van der Waals surface area contributed by atoms with Crippen LogP contribution >= 0.6 is 11.3 Å². The summed E-state index contributed by atoms with van der Waals surface area (Å²) in [6, 6.07) is 0. The molecular weight excluding hydrogens is 134 g/mol. The number of nitrogens with zero attached hydrogens (tertiary/aromatic N) is 1. The van der Waals surface area contributed by atoms with Gasteiger partial charge >= 0.3 is 0 Å². The molecule has 1 aromatic rings. The van der Waals surface area contributed by atoms with Crippen molar-refractivity contribution >= 4 is 17.6 Å². The molecule has 0 N–H and O–H groups in total. The van der Waals surface area contributed by atoms with E-state index in [1.54, 1.807) is 5.51 Å². The summed E-state index contributed by atoms with van der Waals surface area (Å²) in [5.74, 6) is 0. The van der Waals surface area contributed by atoms with Crippen LogP contribution in [0.3, 0.4) is 0 Å². The first-order valence-corrected chi connectivity index (χ1v) is 3.64. The van der Waals surface area contributed by atoms with Crippen molar-refractivity contribution in [1.29, 1.82) is 0 Å². The van der Waals surface area contributed by atoms with Gasteiger partial charge in [0.25, 0.3) is 0 Å². The molecule has 0 radical (unpaired) electrons. The van der Waals surface area contributed by atoms with Gasteiger partial charge in [-0.3, -0.25) is 4.79 Å². The van der Waals surface area contributed by atoms with Crippen LogP contribution in [-0.4, -0.2) is 11.3 Å². The monoisotopic (exact) mass is 141 g/mol. The molecule has 1 heterocycles. The minimum Gasteiger partial charge on any atom is -0.297 e. The molecule has 0 aliphatic carbocycles. The predicted octanol–water partition coefficient (Wildman–Crippen LogP) is 1.52. The van der Waals surface area contributed by atoms with Gasteiger partial charge in [-0.15, -0.1) is 11.3 Å². The highest BCUT2D eigenvalue weighted by molar-refractivity contribution is 7.11. The standard InChI is InChI=1S/C6H7NOS/c1-2-5-6(3-8)9-4-7-5/h3-4H,2H2,1H3. The van der Waals surface area contributed by atoms with Crippen LogP contribution in [0.15, 0.2) is 5.51 Å². The molecule has 0 saturated heterocycles. The lowest BCUT2D eigenvalue weighted by Crippen LogP contribution is -1.83. The molecule has 0 aliphatic heterocycles. The number of hydrogen-bond donors (Lipinski definition) is 0. The van der Waals surface area contributed by atoms with Crippen LogP contribution in [0.25, 0.3) is 0 Å². The molecular formula is C6H7NOS. The SMILES string of the molecule is CCc1ncsc1C=O. The van der Waals surface area contributed by atoms with E-state index in [0.29, 0.717) is 0 Å². The Labute approximate surface area is 57.5 Å². The van der Waals surface area contributed by atoms with Gasteiger partial charge in [0.15, 0.2) is 6.29 Å². The molecule has 2 nitrogen and oxygen atoms in total. The largest absolute Gasteiger partial charge is 0.297 e. The van der Waals surface area contributed by atoms with Gasteiger partial charge in [-0.2, -0.15) is 0 Å². The van der Waals surface area contributed by atoms with Crippen LogP contribution < -0.4 is 0 Å². The van der Waals surface area contributed by atoms with E-state index in [9.17, 15) is 4.79 Å². The Morgan fingerprint density at radius 3 is 3.11 bits per heavy atom. The van der Waals surface area contributed by atoms with E-state index in [2.05, 4.69) is 4.98 Å². The number of hydrogen-bond acceptors (Lipinski definition) is 3. The molecule has 0 aromatic carbocycles. The second-order valence-corrected chi connectivity index (χ2v) is 2.52. The fourth-order valence-corrected chi connectivity index (χ4v) is 1.32. The number of aryl methyl sites for hydroxylation is 1. The Bertz CT molecular complexity index is 207. The minimum absolute atomic E-state index is 0.762. The summed E-state index contributed by atoms with van der Waals surface area (Å²) in [4.78, 5) is 15.0. The lowest BCUT2D eigenvalue weighted by Gasteiger charge is -1.84. The molecule has 9 heavy (non-hydrogen) atoms. The van der Waals surface area contributed by atoms with Gasteiger partial charge in [-0.05, 0) is 6.42 Å². The van der Waals surface area contributed by atoms with Crippen molar-refractivity contribution in [2.24, 2.45) is 0 Å². The van der Waals surface area contributed by atoms with Crippen molar-refractivity contribution in [3.8, 4) is 0 Å². The number of thiazole rings is 1. The number of rotatable bonds is 2. The molecule has 0 atom stereocenters. The maximum absolute atomic E-state index is 10.2. The van der Waals surface area contributed by atoms with E-state index >= 15 is 0 Å². The Balaban J connectivity index is 2.98. The average Bonchev–Trinajstić information content (AvgIpc) is 2.33. The predicted molar refractivity (Wildman–Crippen MR) is 36.9 cm³/mol. The van der Waals surface area contributed by atoms with Crippen molar-refractivity contribution < 1.29 is 4.79 Å². The molecule has 1 aromatic heterocycles. The zero-order chi connectivity index (χ0) is 6.69. The van der Waals surface area contributed by atoms with Gasteiger partial charge in [0.2, 0.25) is 0 Å². The quantitative estimate of drug-likeness (QED) is 0.584. The summed E-state index contributed by atoms with van der Waals surface area (Å²) < 4.78 is 0. The van der Waals surface area contributed by atoms with Crippen LogP contribution in [0.5, 0.6) is 0 Å². The number of aldehydes is 1. The number of carbonyl (C=O) groups is 1. The van der Waals surface area contributed by atoms with Gasteiger partial charge in [0.1, 0.15) is 0 Å². The van der Waals surface area contributed by atoms with E-state index in [0.717, 1.165) is 23.3 Å². The number of aromatic nitrogens is 1. The van der Waals surface area contributed by atoms with Crippen LogP contribution in [0.1, 0.15) is 22.3 Å². The van der Waals surface area contributed by atoms with Crippen LogP contribution in [0, 0.1) is 0 Å². The van der Waals surface area contributed by atoms with E-state index in [1.165, 1.54) is 11.3 Å². The highest BCUT2D eigenvalue weighted by Gasteiger charge is 1.99. The summed E-state index contributed by atoms with van der Waals surface area (Å²) in [6.07, 6.45) is 1.70. The number of carbonyl (C=O) groups excluding carboxylic acids is 1. The van der Waals surface area contributed by atoms with Gasteiger partial charge in [-0.25, -0.2) is 4.98 Å². The third kappa shape index (κ3) is 1.16. The van der Waals surface area contributed by atoms with Gasteiger partial charge in [-0.1, -0.05) is 6.92 Å². The Kier molecular flexibility index (Phi) is 1.95. The summed E-state index contributed by atoms with van der Waals surface area (Å²) in [5.41, 5.74) is 2.61. The molecule has 0 fully saturated rings. The Morgan fingerprint density at radius 1 is 1.89 bits per heavy atom. The third-order valence-corrected chi connectivity index (χ3v) is 1.91. The third-order valence-electron chi connectivity index (χ3n) is 1.11. The maximum Gasteiger partial charge on any atom is 0.161 e. The topological polar surface area (TPSA) is 30.0 Å². The smallest absolute Gasteiger partial charge is 0.161 e. The first-order chi connectivity index (χ1) is 4.38. The highest BCUT2D eigenvalue weighted by atomic mass is 32.1. The molecule has 0 spiro atoms. The fraction of sp³-hybridized carbons (Fsp3) is 0.333. The van der Waals surface area contributed by atoms with Gasteiger partial charge in [0.05, 0.1) is 16.1 Å². The fourth-order valence-electron chi connectivity index (χ4n) is 0.640. The second-order valence-electron chi connectivity index (χ2n) is 1.63. The first-order valence-electron chi connectivity index (χ1n) is 2.76. The lowest BCUT2D eigenvalue weighted by molar-refractivity contribution is 0.112. The summed E-state index contributed by atoms with van der Waals surface area (Å²) in [6.45, 7) is 1.99. The first kappa shape index (κ1) is 6.42. The second kappa shape index (κ2) is 2.73. The summed E-state index contributed by atoms with van der Waals surface area (Å²) in [7, 11) is 0. The molecule has 48 valence electrons. The van der Waals surface area contributed by atoms with Gasteiger partial charge in [0, 0.05) is 0 Å². The van der Waals surface area contributed by atoms with E-state index in [-0.39, 0.29) is 0 Å². The van der Waals surface area contributed by atoms with Crippen LogP contribution in [0.2, 0.25) is 0 Å². The normalized spacial score (nSPS) is 9.44. The van der Waals surface area contributed by atoms with Crippen molar-refractivity contribution in [2.75, 3.05) is 0 Å². The molecule has 0 amide bonds. The molecule has 3 heteroatoms. The van der Waals surface area contributed by atoms with E-state index in [4.69, 9.17) is 0 Å². The van der Waals surface area contributed by atoms with Crippen LogP contribution in [-0.2, 0) is 6.42 Å². The van der Waals surface area contributed by atoms with Gasteiger partial charge < -0.3 is 0 Å². The zero-order valence-corrected chi connectivity index (χ0v) is 5.94. The van der Waals surface area contributed by atoms with Crippen molar-refractivity contribution in [3.63, 3.8) is 0 Å². The van der Waals surface area contributed by atoms with E-state index in [1.807, 2.05) is 6.92 Å². The van der Waals surface area contributed by atoms with E-state index < -0.39 is 0 Å². The molecule has 0 bridgehead atoms. The summed E-state index contributed by atoms with van der Waals surface area (Å²) in [5, 5.41) is 0.